The van der Waals surface area contributed by atoms with E-state index in [0.29, 0.717) is 5.84 Å². The first-order valence-electron chi connectivity index (χ1n) is 5.31. The van der Waals surface area contributed by atoms with Gasteiger partial charge in [-0.3, -0.25) is 14.8 Å². The van der Waals surface area contributed by atoms with E-state index in [1.165, 1.54) is 0 Å². The molecule has 1 amide bonds. The molecule has 0 aliphatic carbocycles. The molecule has 0 spiro atoms. The van der Waals surface area contributed by atoms with Crippen LogP contribution in [0.3, 0.4) is 0 Å². The molecule has 4 nitrogen and oxygen atoms in total. The third-order valence-corrected chi connectivity index (χ3v) is 3.61. The number of hydrogen-bond acceptors (Lipinski definition) is 4. The lowest BCUT2D eigenvalue weighted by molar-refractivity contribution is -0.122. The Morgan fingerprint density at radius 1 is 1.41 bits per heavy atom. The first-order chi connectivity index (χ1) is 8.06. The van der Waals surface area contributed by atoms with E-state index in [1.807, 2.05) is 17.5 Å². The summed E-state index contributed by atoms with van der Waals surface area (Å²) in [7, 11) is 0. The standard InChI is InChI=1S/C12H11N3OS/c1-12(2)11(16)14-10(15-12)7-5-9-8(13-6-7)3-4-17-9/h3-6H,1-2H3,(H,14,15,16). The summed E-state index contributed by atoms with van der Waals surface area (Å²) in [5.41, 5.74) is 1.15. The summed E-state index contributed by atoms with van der Waals surface area (Å²) >= 11 is 1.63. The van der Waals surface area contributed by atoms with Crippen LogP contribution < -0.4 is 5.32 Å². The molecule has 1 N–H and O–H groups in total. The number of carbonyl (C=O) groups is 1. The fraction of sp³-hybridized carbons (Fsp3) is 0.250. The van der Waals surface area contributed by atoms with Crippen molar-refractivity contribution in [3.8, 4) is 0 Å². The summed E-state index contributed by atoms with van der Waals surface area (Å²) < 4.78 is 1.10. The van der Waals surface area contributed by atoms with Crippen molar-refractivity contribution in [3.63, 3.8) is 0 Å². The third kappa shape index (κ3) is 1.63. The fourth-order valence-corrected chi connectivity index (χ4v) is 2.51. The van der Waals surface area contributed by atoms with Crippen molar-refractivity contribution in [2.45, 2.75) is 19.4 Å². The smallest absolute Gasteiger partial charge is 0.252 e. The quantitative estimate of drug-likeness (QED) is 0.835. The highest BCUT2D eigenvalue weighted by Crippen LogP contribution is 2.22. The van der Waals surface area contributed by atoms with Crippen LogP contribution in [0.1, 0.15) is 19.4 Å². The Morgan fingerprint density at radius 2 is 2.24 bits per heavy atom. The van der Waals surface area contributed by atoms with Crippen molar-refractivity contribution in [2.24, 2.45) is 4.99 Å². The van der Waals surface area contributed by atoms with Gasteiger partial charge in [-0.15, -0.1) is 11.3 Å². The number of nitrogens with one attached hydrogen (secondary N) is 1. The van der Waals surface area contributed by atoms with Crippen molar-refractivity contribution in [3.05, 3.63) is 29.3 Å². The molecule has 2 aromatic heterocycles. The minimum Gasteiger partial charge on any atom is -0.308 e. The highest BCUT2D eigenvalue weighted by atomic mass is 32.1. The van der Waals surface area contributed by atoms with Crippen LogP contribution in [0.5, 0.6) is 0 Å². The van der Waals surface area contributed by atoms with Gasteiger partial charge in [0.05, 0.1) is 10.2 Å². The van der Waals surface area contributed by atoms with E-state index in [2.05, 4.69) is 15.3 Å². The minimum absolute atomic E-state index is 0.0706. The van der Waals surface area contributed by atoms with Gasteiger partial charge in [-0.25, -0.2) is 0 Å². The van der Waals surface area contributed by atoms with Crippen molar-refractivity contribution in [1.82, 2.24) is 10.3 Å². The van der Waals surface area contributed by atoms with E-state index < -0.39 is 5.54 Å². The van der Waals surface area contributed by atoms with E-state index in [4.69, 9.17) is 0 Å². The second-order valence-electron chi connectivity index (χ2n) is 4.50. The molecule has 0 bridgehead atoms. The number of aliphatic imine (C=N–C) groups is 1. The van der Waals surface area contributed by atoms with Gasteiger partial charge >= 0.3 is 0 Å². The molecule has 3 heterocycles. The summed E-state index contributed by atoms with van der Waals surface area (Å²) in [4.78, 5) is 20.4. The maximum atomic E-state index is 11.6. The molecule has 0 unspecified atom stereocenters. The molecule has 2 aromatic rings. The molecule has 1 aliphatic heterocycles. The molecule has 0 aromatic carbocycles. The number of fused-ring (bicyclic) bond motifs is 1. The topological polar surface area (TPSA) is 54.4 Å². The molecule has 0 fully saturated rings. The lowest BCUT2D eigenvalue weighted by atomic mass is 10.1. The molecule has 0 saturated carbocycles. The first-order valence-corrected chi connectivity index (χ1v) is 6.19. The lowest BCUT2D eigenvalue weighted by Gasteiger charge is -2.07. The van der Waals surface area contributed by atoms with Gasteiger partial charge in [0.2, 0.25) is 0 Å². The molecule has 1 aliphatic rings. The van der Waals surface area contributed by atoms with Crippen LogP contribution in [-0.2, 0) is 4.79 Å². The van der Waals surface area contributed by atoms with Gasteiger partial charge in [-0.1, -0.05) is 0 Å². The van der Waals surface area contributed by atoms with Crippen molar-refractivity contribution < 1.29 is 4.79 Å². The van der Waals surface area contributed by atoms with Gasteiger partial charge in [0.1, 0.15) is 11.4 Å². The molecule has 86 valence electrons. The number of amidine groups is 1. The third-order valence-electron chi connectivity index (χ3n) is 2.76. The Balaban J connectivity index is 2.08. The maximum Gasteiger partial charge on any atom is 0.252 e. The van der Waals surface area contributed by atoms with E-state index in [9.17, 15) is 4.79 Å². The Labute approximate surface area is 102 Å². The number of amides is 1. The van der Waals surface area contributed by atoms with Gasteiger partial charge in [-0.05, 0) is 31.4 Å². The van der Waals surface area contributed by atoms with Crippen LogP contribution in [0, 0.1) is 0 Å². The SMILES string of the molecule is CC1(C)N=C(c2cnc3ccsc3c2)NC1=O. The predicted molar refractivity (Wildman–Crippen MR) is 68.4 cm³/mol. The van der Waals surface area contributed by atoms with E-state index in [1.54, 1.807) is 31.4 Å². The molecular formula is C12H11N3OS. The average Bonchev–Trinajstić information content (AvgIpc) is 2.83. The van der Waals surface area contributed by atoms with Gasteiger partial charge in [0, 0.05) is 11.8 Å². The number of hydrogen-bond donors (Lipinski definition) is 1. The maximum absolute atomic E-state index is 11.6. The van der Waals surface area contributed by atoms with E-state index >= 15 is 0 Å². The van der Waals surface area contributed by atoms with Crippen molar-refractivity contribution in [2.75, 3.05) is 0 Å². The number of carbonyl (C=O) groups excluding carboxylic acids is 1. The highest BCUT2D eigenvalue weighted by molar-refractivity contribution is 7.17. The second-order valence-corrected chi connectivity index (χ2v) is 5.45. The summed E-state index contributed by atoms with van der Waals surface area (Å²) in [5, 5.41) is 4.79. The lowest BCUT2D eigenvalue weighted by Crippen LogP contribution is -2.34. The van der Waals surface area contributed by atoms with E-state index in [0.717, 1.165) is 15.8 Å². The summed E-state index contributed by atoms with van der Waals surface area (Å²) in [5.74, 6) is 0.543. The van der Waals surface area contributed by atoms with Crippen LogP contribution in [0.4, 0.5) is 0 Å². The van der Waals surface area contributed by atoms with E-state index in [-0.39, 0.29) is 5.91 Å². The Kier molecular flexibility index (Phi) is 2.06. The monoisotopic (exact) mass is 245 g/mol. The predicted octanol–water partition coefficient (Wildman–Crippen LogP) is 1.95. The number of pyridine rings is 1. The molecule has 0 atom stereocenters. The van der Waals surface area contributed by atoms with Crippen LogP contribution in [-0.4, -0.2) is 22.3 Å². The summed E-state index contributed by atoms with van der Waals surface area (Å²) in [6.07, 6.45) is 1.75. The molecule has 5 heteroatoms. The fourth-order valence-electron chi connectivity index (χ4n) is 1.73. The molecule has 3 rings (SSSR count). The Hall–Kier alpha value is -1.75. The second kappa shape index (κ2) is 3.37. The summed E-state index contributed by atoms with van der Waals surface area (Å²) in [6.45, 7) is 3.60. The Bertz CT molecular complexity index is 642. The minimum atomic E-state index is -0.681. The number of nitrogens with zero attached hydrogens (tertiary/aromatic N) is 2. The normalized spacial score (nSPS) is 18.2. The van der Waals surface area contributed by atoms with Crippen LogP contribution in [0.15, 0.2) is 28.7 Å². The van der Waals surface area contributed by atoms with Gasteiger partial charge < -0.3 is 5.32 Å². The van der Waals surface area contributed by atoms with Gasteiger partial charge in [-0.2, -0.15) is 0 Å². The molecule has 17 heavy (non-hydrogen) atoms. The molecule has 0 saturated heterocycles. The van der Waals surface area contributed by atoms with Crippen molar-refractivity contribution in [1.29, 1.82) is 0 Å². The van der Waals surface area contributed by atoms with Crippen LogP contribution >= 0.6 is 11.3 Å². The zero-order valence-electron chi connectivity index (χ0n) is 9.52. The van der Waals surface area contributed by atoms with Crippen LogP contribution in [0.2, 0.25) is 0 Å². The zero-order chi connectivity index (χ0) is 12.0. The summed E-state index contributed by atoms with van der Waals surface area (Å²) in [6, 6.07) is 3.98. The number of rotatable bonds is 1. The zero-order valence-corrected chi connectivity index (χ0v) is 10.3. The van der Waals surface area contributed by atoms with Gasteiger partial charge in [0.15, 0.2) is 0 Å². The van der Waals surface area contributed by atoms with Crippen LogP contribution in [0.25, 0.3) is 10.2 Å². The molecular weight excluding hydrogens is 234 g/mol. The van der Waals surface area contributed by atoms with Gasteiger partial charge in [0.25, 0.3) is 5.91 Å². The highest BCUT2D eigenvalue weighted by Gasteiger charge is 2.34. The van der Waals surface area contributed by atoms with Crippen molar-refractivity contribution >= 4 is 33.3 Å². The first kappa shape index (κ1) is 10.4. The molecule has 0 radical (unpaired) electrons. The Morgan fingerprint density at radius 3 is 2.94 bits per heavy atom. The largest absolute Gasteiger partial charge is 0.308 e. The average molecular weight is 245 g/mol. The number of aromatic nitrogens is 1. The number of thiophene rings is 1.